The number of fused-ring (bicyclic) bond motifs is 1. The maximum absolute atomic E-state index is 5.98. The number of anilines is 2. The van der Waals surface area contributed by atoms with E-state index in [9.17, 15) is 0 Å². The van der Waals surface area contributed by atoms with Gasteiger partial charge in [0.2, 0.25) is 0 Å². The lowest BCUT2D eigenvalue weighted by Crippen LogP contribution is -2.31. The first-order chi connectivity index (χ1) is 13.8. The number of aryl methyl sites for hydroxylation is 1. The Balaban J connectivity index is 1.57. The van der Waals surface area contributed by atoms with Crippen molar-refractivity contribution < 1.29 is 4.84 Å². The molecule has 1 N–H and O–H groups in total. The van der Waals surface area contributed by atoms with Crippen LogP contribution in [0.4, 0.5) is 11.4 Å². The largest absolute Gasteiger partial charge is 0.389 e. The van der Waals surface area contributed by atoms with Gasteiger partial charge in [0, 0.05) is 24.7 Å². The molecular formula is C20H23N7O. The van der Waals surface area contributed by atoms with E-state index in [1.54, 1.807) is 12.4 Å². The maximum Gasteiger partial charge on any atom is 0.159 e. The third-order valence-corrected chi connectivity index (χ3v) is 5.71. The summed E-state index contributed by atoms with van der Waals surface area (Å²) in [5.41, 5.74) is 4.34. The number of hydrogen-bond acceptors (Lipinski definition) is 7. The SMILES string of the molecule is CCn1ncc2c(Nc3cncnc3)c(C3=NOC4(CCCCC4)C3)cnc21. The van der Waals surface area contributed by atoms with Crippen molar-refractivity contribution in [3.05, 3.63) is 36.7 Å². The fraction of sp³-hybridized carbons (Fsp3) is 0.450. The molecule has 2 aliphatic rings. The molecule has 1 aliphatic heterocycles. The highest BCUT2D eigenvalue weighted by Gasteiger charge is 2.41. The van der Waals surface area contributed by atoms with Gasteiger partial charge in [-0.15, -0.1) is 0 Å². The predicted octanol–water partition coefficient (Wildman–Crippen LogP) is 3.81. The van der Waals surface area contributed by atoms with Gasteiger partial charge in [0.05, 0.1) is 41.1 Å². The summed E-state index contributed by atoms with van der Waals surface area (Å²) < 4.78 is 1.89. The van der Waals surface area contributed by atoms with Crippen LogP contribution in [-0.4, -0.2) is 36.0 Å². The van der Waals surface area contributed by atoms with Crippen LogP contribution in [-0.2, 0) is 11.4 Å². The van der Waals surface area contributed by atoms with E-state index in [4.69, 9.17) is 4.84 Å². The van der Waals surface area contributed by atoms with E-state index in [0.29, 0.717) is 0 Å². The van der Waals surface area contributed by atoms with Crippen LogP contribution < -0.4 is 5.32 Å². The number of nitrogens with one attached hydrogen (secondary N) is 1. The van der Waals surface area contributed by atoms with Gasteiger partial charge in [0.1, 0.15) is 11.9 Å². The fourth-order valence-corrected chi connectivity index (χ4v) is 4.25. The maximum atomic E-state index is 5.98. The van der Waals surface area contributed by atoms with Crippen molar-refractivity contribution in [3.8, 4) is 0 Å². The average molecular weight is 377 g/mol. The van der Waals surface area contributed by atoms with Gasteiger partial charge < -0.3 is 10.2 Å². The Labute approximate surface area is 163 Å². The third kappa shape index (κ3) is 2.89. The van der Waals surface area contributed by atoms with Gasteiger partial charge in [-0.05, 0) is 32.6 Å². The highest BCUT2D eigenvalue weighted by atomic mass is 16.7. The standard InChI is InChI=1S/C20H23N7O/c1-2-27-19-16(12-24-27)18(25-14-9-21-13-22-10-14)15(11-23-19)17-8-20(28-26-17)6-4-3-5-7-20/h9-13H,2-8H2,1H3,(H,23,25). The summed E-state index contributed by atoms with van der Waals surface area (Å²) in [5, 5.41) is 13.4. The number of aromatic nitrogens is 5. The zero-order chi connectivity index (χ0) is 19.0. The molecule has 1 spiro atoms. The summed E-state index contributed by atoms with van der Waals surface area (Å²) in [6.45, 7) is 2.82. The number of hydrogen-bond donors (Lipinski definition) is 1. The van der Waals surface area contributed by atoms with E-state index >= 15 is 0 Å². The van der Waals surface area contributed by atoms with Crippen LogP contribution >= 0.6 is 0 Å². The summed E-state index contributed by atoms with van der Waals surface area (Å²) in [5.74, 6) is 0. The zero-order valence-corrected chi connectivity index (χ0v) is 15.9. The first-order valence-electron chi connectivity index (χ1n) is 9.90. The third-order valence-electron chi connectivity index (χ3n) is 5.71. The van der Waals surface area contributed by atoms with Crippen molar-refractivity contribution in [2.75, 3.05) is 5.32 Å². The molecule has 0 radical (unpaired) electrons. The Morgan fingerprint density at radius 2 is 1.93 bits per heavy atom. The first-order valence-corrected chi connectivity index (χ1v) is 9.90. The van der Waals surface area contributed by atoms with Crippen LogP contribution in [0.2, 0.25) is 0 Å². The second kappa shape index (κ2) is 6.85. The molecule has 0 unspecified atom stereocenters. The molecule has 8 nitrogen and oxygen atoms in total. The molecule has 3 aromatic rings. The van der Waals surface area contributed by atoms with Crippen LogP contribution in [0, 0.1) is 0 Å². The van der Waals surface area contributed by atoms with E-state index in [2.05, 4.69) is 37.4 Å². The number of oxime groups is 1. The Kier molecular flexibility index (Phi) is 4.18. The summed E-state index contributed by atoms with van der Waals surface area (Å²) >= 11 is 0. The first kappa shape index (κ1) is 17.1. The molecule has 8 heteroatoms. The van der Waals surface area contributed by atoms with Crippen molar-refractivity contribution >= 4 is 28.1 Å². The lowest BCUT2D eigenvalue weighted by Gasteiger charge is -2.30. The minimum absolute atomic E-state index is 0.136. The van der Waals surface area contributed by atoms with Crippen LogP contribution in [0.5, 0.6) is 0 Å². The second-order valence-corrected chi connectivity index (χ2v) is 7.55. The smallest absolute Gasteiger partial charge is 0.159 e. The van der Waals surface area contributed by atoms with Gasteiger partial charge in [0.15, 0.2) is 5.65 Å². The summed E-state index contributed by atoms with van der Waals surface area (Å²) in [7, 11) is 0. The molecule has 3 aromatic heterocycles. The van der Waals surface area contributed by atoms with Gasteiger partial charge in [0.25, 0.3) is 0 Å². The van der Waals surface area contributed by atoms with Gasteiger partial charge in [-0.3, -0.25) is 0 Å². The number of rotatable bonds is 4. The molecule has 0 saturated heterocycles. The van der Waals surface area contributed by atoms with E-state index in [1.807, 2.05) is 17.1 Å². The monoisotopic (exact) mass is 377 g/mol. The Hall–Kier alpha value is -3.03. The molecule has 0 atom stereocenters. The highest BCUT2D eigenvalue weighted by Crippen LogP contribution is 2.41. The van der Waals surface area contributed by atoms with Crippen LogP contribution in [0.3, 0.4) is 0 Å². The predicted molar refractivity (Wildman–Crippen MR) is 107 cm³/mol. The molecule has 28 heavy (non-hydrogen) atoms. The minimum atomic E-state index is -0.136. The van der Waals surface area contributed by atoms with E-state index < -0.39 is 0 Å². The molecule has 0 aromatic carbocycles. The van der Waals surface area contributed by atoms with Crippen molar-refractivity contribution in [2.24, 2.45) is 5.16 Å². The van der Waals surface area contributed by atoms with E-state index in [-0.39, 0.29) is 5.60 Å². The minimum Gasteiger partial charge on any atom is -0.389 e. The van der Waals surface area contributed by atoms with Gasteiger partial charge in [-0.2, -0.15) is 5.10 Å². The van der Waals surface area contributed by atoms with Crippen molar-refractivity contribution in [1.29, 1.82) is 0 Å². The summed E-state index contributed by atoms with van der Waals surface area (Å²) in [4.78, 5) is 18.9. The molecule has 144 valence electrons. The lowest BCUT2D eigenvalue weighted by atomic mass is 9.81. The van der Waals surface area contributed by atoms with Crippen LogP contribution in [0.1, 0.15) is 51.0 Å². The normalized spacial score (nSPS) is 18.2. The van der Waals surface area contributed by atoms with E-state index in [0.717, 1.165) is 59.5 Å². The molecule has 1 saturated carbocycles. The molecular weight excluding hydrogens is 354 g/mol. The highest BCUT2D eigenvalue weighted by molar-refractivity contribution is 6.11. The second-order valence-electron chi connectivity index (χ2n) is 7.55. The van der Waals surface area contributed by atoms with Crippen LogP contribution in [0.15, 0.2) is 36.3 Å². The molecule has 0 amide bonds. The van der Waals surface area contributed by atoms with Crippen molar-refractivity contribution in [1.82, 2.24) is 24.7 Å². The lowest BCUT2D eigenvalue weighted by molar-refractivity contribution is -0.0449. The Morgan fingerprint density at radius 3 is 2.71 bits per heavy atom. The summed E-state index contributed by atoms with van der Waals surface area (Å²) in [6.07, 6.45) is 15.4. The van der Waals surface area contributed by atoms with E-state index in [1.165, 1.54) is 25.6 Å². The van der Waals surface area contributed by atoms with Crippen molar-refractivity contribution in [2.45, 2.75) is 57.6 Å². The molecule has 0 bridgehead atoms. The molecule has 1 aliphatic carbocycles. The summed E-state index contributed by atoms with van der Waals surface area (Å²) in [6, 6.07) is 0. The van der Waals surface area contributed by atoms with Gasteiger partial charge in [-0.1, -0.05) is 11.6 Å². The zero-order valence-electron chi connectivity index (χ0n) is 15.9. The van der Waals surface area contributed by atoms with Crippen molar-refractivity contribution in [3.63, 3.8) is 0 Å². The topological polar surface area (TPSA) is 90.1 Å². The molecule has 5 rings (SSSR count). The fourth-order valence-electron chi connectivity index (χ4n) is 4.25. The molecule has 1 fully saturated rings. The quantitative estimate of drug-likeness (QED) is 0.743. The number of nitrogens with zero attached hydrogens (tertiary/aromatic N) is 6. The average Bonchev–Trinajstić information content (AvgIpc) is 3.34. The van der Waals surface area contributed by atoms with Gasteiger partial charge in [-0.25, -0.2) is 19.6 Å². The Morgan fingerprint density at radius 1 is 1.11 bits per heavy atom. The van der Waals surface area contributed by atoms with Crippen LogP contribution in [0.25, 0.3) is 11.0 Å². The van der Waals surface area contributed by atoms with Gasteiger partial charge >= 0.3 is 0 Å². The molecule has 4 heterocycles. The number of pyridine rings is 1. The Bertz CT molecular complexity index is 1020.